The molecule has 1 atom stereocenters. The SMILES string of the molecule is COc1cc(OC)cc(C(=O)N2CCC[C@@H](OCc3cccc(C(F)(F)F)c3)C2)c1. The van der Waals surface area contributed by atoms with Crippen molar-refractivity contribution in [3.05, 3.63) is 59.2 Å². The highest BCUT2D eigenvalue weighted by molar-refractivity contribution is 5.95. The first-order valence-electron chi connectivity index (χ1n) is 9.60. The van der Waals surface area contributed by atoms with Crippen LogP contribution in [-0.2, 0) is 17.5 Å². The van der Waals surface area contributed by atoms with Crippen molar-refractivity contribution in [2.24, 2.45) is 0 Å². The molecule has 0 saturated carbocycles. The molecule has 0 spiro atoms. The summed E-state index contributed by atoms with van der Waals surface area (Å²) in [6.45, 7) is 1.02. The topological polar surface area (TPSA) is 48.0 Å². The molecule has 0 unspecified atom stereocenters. The van der Waals surface area contributed by atoms with Crippen molar-refractivity contribution in [1.29, 1.82) is 0 Å². The molecule has 0 radical (unpaired) electrons. The first-order valence-corrected chi connectivity index (χ1v) is 9.60. The summed E-state index contributed by atoms with van der Waals surface area (Å²) in [5.41, 5.74) is 0.201. The van der Waals surface area contributed by atoms with Gasteiger partial charge in [-0.15, -0.1) is 0 Å². The van der Waals surface area contributed by atoms with Gasteiger partial charge in [-0.2, -0.15) is 13.2 Å². The molecule has 162 valence electrons. The molecule has 1 saturated heterocycles. The van der Waals surface area contributed by atoms with Crippen LogP contribution in [0.25, 0.3) is 0 Å². The second kappa shape index (κ2) is 9.38. The summed E-state index contributed by atoms with van der Waals surface area (Å²) >= 11 is 0. The van der Waals surface area contributed by atoms with Gasteiger partial charge >= 0.3 is 6.18 Å². The number of hydrogen-bond acceptors (Lipinski definition) is 4. The number of rotatable bonds is 6. The molecule has 30 heavy (non-hydrogen) atoms. The van der Waals surface area contributed by atoms with Crippen molar-refractivity contribution in [3.63, 3.8) is 0 Å². The molecule has 1 aliphatic rings. The maximum atomic E-state index is 12.9. The van der Waals surface area contributed by atoms with E-state index in [-0.39, 0.29) is 18.6 Å². The molecule has 1 fully saturated rings. The van der Waals surface area contributed by atoms with E-state index in [1.54, 1.807) is 29.2 Å². The standard InChI is InChI=1S/C22H24F3NO4/c1-28-19-10-16(11-20(12-19)29-2)21(27)26-8-4-7-18(13-26)30-14-15-5-3-6-17(9-15)22(23,24)25/h3,5-6,9-12,18H,4,7-8,13-14H2,1-2H3/t18-/m1/s1. The average molecular weight is 423 g/mol. The van der Waals surface area contributed by atoms with Crippen molar-refractivity contribution in [3.8, 4) is 11.5 Å². The van der Waals surface area contributed by atoms with E-state index < -0.39 is 11.7 Å². The Morgan fingerprint density at radius 3 is 2.43 bits per heavy atom. The normalized spacial score (nSPS) is 17.0. The number of hydrogen-bond donors (Lipinski definition) is 0. The second-order valence-electron chi connectivity index (χ2n) is 7.13. The largest absolute Gasteiger partial charge is 0.497 e. The van der Waals surface area contributed by atoms with Crippen molar-refractivity contribution >= 4 is 5.91 Å². The zero-order valence-corrected chi connectivity index (χ0v) is 16.9. The fourth-order valence-electron chi connectivity index (χ4n) is 3.42. The molecule has 0 bridgehead atoms. The van der Waals surface area contributed by atoms with Crippen LogP contribution in [0.1, 0.15) is 34.3 Å². The summed E-state index contributed by atoms with van der Waals surface area (Å²) < 4.78 is 54.9. The lowest BCUT2D eigenvalue weighted by molar-refractivity contribution is -0.137. The number of amides is 1. The lowest BCUT2D eigenvalue weighted by Crippen LogP contribution is -2.43. The highest BCUT2D eigenvalue weighted by Crippen LogP contribution is 2.30. The number of likely N-dealkylation sites (tertiary alicyclic amines) is 1. The quantitative estimate of drug-likeness (QED) is 0.684. The molecular formula is C22H24F3NO4. The van der Waals surface area contributed by atoms with E-state index in [1.165, 1.54) is 20.3 Å². The Kier molecular flexibility index (Phi) is 6.87. The summed E-state index contributed by atoms with van der Waals surface area (Å²) in [6.07, 6.45) is -3.14. The number of nitrogens with zero attached hydrogens (tertiary/aromatic N) is 1. The summed E-state index contributed by atoms with van der Waals surface area (Å²) in [5.74, 6) is 0.874. The predicted octanol–water partition coefficient (Wildman–Crippen LogP) is 4.54. The Morgan fingerprint density at radius 1 is 1.10 bits per heavy atom. The van der Waals surface area contributed by atoms with Crippen LogP contribution in [0.15, 0.2) is 42.5 Å². The summed E-state index contributed by atoms with van der Waals surface area (Å²) in [4.78, 5) is 14.6. The van der Waals surface area contributed by atoms with E-state index in [2.05, 4.69) is 0 Å². The van der Waals surface area contributed by atoms with Gasteiger partial charge in [-0.3, -0.25) is 4.79 Å². The number of ether oxygens (including phenoxy) is 3. The van der Waals surface area contributed by atoms with Crippen LogP contribution in [0.4, 0.5) is 13.2 Å². The van der Waals surface area contributed by atoms with Gasteiger partial charge in [0, 0.05) is 24.7 Å². The Balaban J connectivity index is 1.64. The molecule has 0 N–H and O–H groups in total. The highest BCUT2D eigenvalue weighted by atomic mass is 19.4. The third-order valence-electron chi connectivity index (χ3n) is 5.00. The maximum absolute atomic E-state index is 12.9. The van der Waals surface area contributed by atoms with Crippen LogP contribution in [-0.4, -0.2) is 44.2 Å². The number of halogens is 3. The van der Waals surface area contributed by atoms with Gasteiger partial charge in [-0.25, -0.2) is 0 Å². The molecule has 2 aromatic rings. The molecular weight excluding hydrogens is 399 g/mol. The van der Waals surface area contributed by atoms with E-state index in [9.17, 15) is 18.0 Å². The number of piperidine rings is 1. The number of alkyl halides is 3. The molecule has 1 aliphatic heterocycles. The smallest absolute Gasteiger partial charge is 0.416 e. The van der Waals surface area contributed by atoms with Crippen molar-refractivity contribution in [2.45, 2.75) is 31.7 Å². The van der Waals surface area contributed by atoms with Gasteiger partial charge in [0.1, 0.15) is 11.5 Å². The average Bonchev–Trinajstić information content (AvgIpc) is 2.76. The third-order valence-corrected chi connectivity index (χ3v) is 5.00. The molecule has 1 heterocycles. The Bertz CT molecular complexity index is 863. The van der Waals surface area contributed by atoms with Crippen molar-refractivity contribution in [2.75, 3.05) is 27.3 Å². The van der Waals surface area contributed by atoms with E-state index >= 15 is 0 Å². The van der Waals surface area contributed by atoms with Crippen LogP contribution in [0, 0.1) is 0 Å². The van der Waals surface area contributed by atoms with Crippen LogP contribution in [0.3, 0.4) is 0 Å². The maximum Gasteiger partial charge on any atom is 0.416 e. The summed E-state index contributed by atoms with van der Waals surface area (Å²) in [7, 11) is 3.03. The Morgan fingerprint density at radius 2 is 1.80 bits per heavy atom. The number of methoxy groups -OCH3 is 2. The third kappa shape index (κ3) is 5.44. The Hall–Kier alpha value is -2.74. The van der Waals surface area contributed by atoms with E-state index in [1.807, 2.05) is 0 Å². The molecule has 1 amide bonds. The number of carbonyl (C=O) groups is 1. The molecule has 8 heteroatoms. The van der Waals surface area contributed by atoms with Crippen LogP contribution >= 0.6 is 0 Å². The number of carbonyl (C=O) groups excluding carboxylic acids is 1. The molecule has 2 aromatic carbocycles. The molecule has 0 aliphatic carbocycles. The first-order chi connectivity index (χ1) is 14.3. The fourth-order valence-corrected chi connectivity index (χ4v) is 3.42. The van der Waals surface area contributed by atoms with E-state index in [0.717, 1.165) is 25.0 Å². The molecule has 5 nitrogen and oxygen atoms in total. The van der Waals surface area contributed by atoms with Crippen molar-refractivity contribution < 1.29 is 32.2 Å². The van der Waals surface area contributed by atoms with Gasteiger partial charge in [0.2, 0.25) is 0 Å². The predicted molar refractivity (Wildman–Crippen MR) is 105 cm³/mol. The van der Waals surface area contributed by atoms with Crippen LogP contribution in [0.2, 0.25) is 0 Å². The van der Waals surface area contributed by atoms with Crippen molar-refractivity contribution in [1.82, 2.24) is 4.90 Å². The van der Waals surface area contributed by atoms with Gasteiger partial charge in [0.25, 0.3) is 5.91 Å². The van der Waals surface area contributed by atoms with Gasteiger partial charge in [-0.1, -0.05) is 12.1 Å². The van der Waals surface area contributed by atoms with Crippen LogP contribution < -0.4 is 9.47 Å². The lowest BCUT2D eigenvalue weighted by atomic mass is 10.1. The summed E-state index contributed by atoms with van der Waals surface area (Å²) in [6, 6.07) is 10.1. The minimum absolute atomic E-state index is 0.0591. The zero-order chi connectivity index (χ0) is 21.7. The molecule has 0 aromatic heterocycles. The van der Waals surface area contributed by atoms with E-state index in [4.69, 9.17) is 14.2 Å². The highest BCUT2D eigenvalue weighted by Gasteiger charge is 2.30. The summed E-state index contributed by atoms with van der Waals surface area (Å²) in [5, 5.41) is 0. The first kappa shape index (κ1) is 22.0. The zero-order valence-electron chi connectivity index (χ0n) is 16.9. The second-order valence-corrected chi connectivity index (χ2v) is 7.13. The van der Waals surface area contributed by atoms with Gasteiger partial charge in [-0.05, 0) is 42.7 Å². The Labute approximate surface area is 173 Å². The lowest BCUT2D eigenvalue weighted by Gasteiger charge is -2.33. The monoisotopic (exact) mass is 423 g/mol. The van der Waals surface area contributed by atoms with Gasteiger partial charge in [0.05, 0.1) is 32.5 Å². The van der Waals surface area contributed by atoms with E-state index in [0.29, 0.717) is 35.7 Å². The van der Waals surface area contributed by atoms with Gasteiger partial charge in [0.15, 0.2) is 0 Å². The molecule has 3 rings (SSSR count). The van der Waals surface area contributed by atoms with Gasteiger partial charge < -0.3 is 19.1 Å². The van der Waals surface area contributed by atoms with Crippen LogP contribution in [0.5, 0.6) is 11.5 Å². The number of benzene rings is 2. The fraction of sp³-hybridized carbons (Fsp3) is 0.409. The minimum atomic E-state index is -4.39. The minimum Gasteiger partial charge on any atom is -0.497 e.